The number of nitrogens with zero attached hydrogens (tertiary/aromatic N) is 2. The molecule has 0 aliphatic rings. The van der Waals surface area contributed by atoms with Gasteiger partial charge in [-0.15, -0.1) is 0 Å². The number of rotatable bonds is 5. The van der Waals surface area contributed by atoms with Gasteiger partial charge in [0.15, 0.2) is 11.5 Å². The smallest absolute Gasteiger partial charge is 0.324 e. The zero-order valence-corrected chi connectivity index (χ0v) is 12.5. The van der Waals surface area contributed by atoms with Crippen molar-refractivity contribution in [3.63, 3.8) is 0 Å². The molecule has 0 aliphatic carbocycles. The lowest BCUT2D eigenvalue weighted by Gasteiger charge is -2.12. The quantitative estimate of drug-likeness (QED) is 0.639. The maximum Gasteiger partial charge on any atom is 0.433 e. The van der Waals surface area contributed by atoms with Crippen molar-refractivity contribution in [2.45, 2.75) is 12.7 Å². The SMILES string of the molecule is O=C(CP(=O)(O)O)c1cnn(Cc2ccccc2)c1C(F)(F)F. The van der Waals surface area contributed by atoms with Crippen LogP contribution in [0.15, 0.2) is 36.5 Å². The van der Waals surface area contributed by atoms with Gasteiger partial charge in [-0.25, -0.2) is 0 Å². The molecule has 2 rings (SSSR count). The maximum absolute atomic E-state index is 13.2. The van der Waals surface area contributed by atoms with E-state index >= 15 is 0 Å². The van der Waals surface area contributed by atoms with E-state index in [2.05, 4.69) is 5.10 Å². The second-order valence-corrected chi connectivity index (χ2v) is 6.44. The number of aromatic nitrogens is 2. The summed E-state index contributed by atoms with van der Waals surface area (Å²) in [5, 5.41) is 3.55. The molecule has 2 aromatic rings. The molecule has 23 heavy (non-hydrogen) atoms. The molecule has 0 unspecified atom stereocenters. The van der Waals surface area contributed by atoms with Crippen LogP contribution in [0, 0.1) is 0 Å². The molecule has 0 spiro atoms. The van der Waals surface area contributed by atoms with Crippen LogP contribution >= 0.6 is 7.60 Å². The van der Waals surface area contributed by atoms with Gasteiger partial charge in [-0.3, -0.25) is 14.0 Å². The minimum atomic E-state index is -4.88. The van der Waals surface area contributed by atoms with Crippen LogP contribution in [0.5, 0.6) is 0 Å². The van der Waals surface area contributed by atoms with Gasteiger partial charge in [0.05, 0.1) is 18.3 Å². The second kappa shape index (κ2) is 6.27. The fourth-order valence-electron chi connectivity index (χ4n) is 2.04. The highest BCUT2D eigenvalue weighted by Gasteiger charge is 2.40. The average Bonchev–Trinajstić information content (AvgIpc) is 2.81. The Hall–Kier alpha value is -1.96. The third-order valence-corrected chi connectivity index (χ3v) is 3.63. The van der Waals surface area contributed by atoms with E-state index in [0.29, 0.717) is 16.4 Å². The van der Waals surface area contributed by atoms with Crippen molar-refractivity contribution < 1.29 is 32.3 Å². The average molecular weight is 348 g/mol. The first-order valence-electron chi connectivity index (χ1n) is 6.32. The molecule has 1 aromatic heterocycles. The van der Waals surface area contributed by atoms with E-state index in [-0.39, 0.29) is 6.54 Å². The molecule has 0 saturated heterocycles. The number of benzene rings is 1. The second-order valence-electron chi connectivity index (χ2n) is 4.79. The predicted octanol–water partition coefficient (Wildman–Crippen LogP) is 2.31. The summed E-state index contributed by atoms with van der Waals surface area (Å²) in [7, 11) is -4.77. The van der Waals surface area contributed by atoms with Crippen molar-refractivity contribution in [3.8, 4) is 0 Å². The van der Waals surface area contributed by atoms with Gasteiger partial charge >= 0.3 is 13.8 Å². The van der Waals surface area contributed by atoms with Crippen LogP contribution in [0.4, 0.5) is 13.2 Å². The van der Waals surface area contributed by atoms with Gasteiger partial charge in [0.2, 0.25) is 0 Å². The Balaban J connectivity index is 2.42. The number of halogens is 3. The molecule has 0 bridgehead atoms. The molecule has 6 nitrogen and oxygen atoms in total. The van der Waals surface area contributed by atoms with Gasteiger partial charge in [0.1, 0.15) is 6.16 Å². The van der Waals surface area contributed by atoms with E-state index < -0.39 is 37.0 Å². The summed E-state index contributed by atoms with van der Waals surface area (Å²) in [6, 6.07) is 8.18. The molecule has 0 radical (unpaired) electrons. The number of hydrogen-bond acceptors (Lipinski definition) is 3. The number of alkyl halides is 3. The minimum Gasteiger partial charge on any atom is -0.324 e. The molecule has 0 saturated carbocycles. The molecular weight excluding hydrogens is 336 g/mol. The fourth-order valence-corrected chi connectivity index (χ4v) is 2.58. The number of carbonyl (C=O) groups excluding carboxylic acids is 1. The lowest BCUT2D eigenvalue weighted by molar-refractivity contribution is -0.144. The highest BCUT2D eigenvalue weighted by molar-refractivity contribution is 7.52. The summed E-state index contributed by atoms with van der Waals surface area (Å²) in [5.41, 5.74) is -1.63. The summed E-state index contributed by atoms with van der Waals surface area (Å²) in [6.07, 6.45) is -5.50. The van der Waals surface area contributed by atoms with Gasteiger partial charge in [-0.05, 0) is 5.56 Å². The molecule has 2 N–H and O–H groups in total. The Morgan fingerprint density at radius 3 is 2.35 bits per heavy atom. The summed E-state index contributed by atoms with van der Waals surface area (Å²) in [4.78, 5) is 29.3. The standard InChI is InChI=1S/C13H12F3N2O4P/c14-13(15,16)12-10(11(19)8-23(20,21)22)6-17-18(12)7-9-4-2-1-3-5-9/h1-6H,7-8H2,(H2,20,21,22). The van der Waals surface area contributed by atoms with Crippen molar-refractivity contribution in [2.75, 3.05) is 6.16 Å². The van der Waals surface area contributed by atoms with Crippen molar-refractivity contribution >= 4 is 13.4 Å². The zero-order valence-electron chi connectivity index (χ0n) is 11.6. The lowest BCUT2D eigenvalue weighted by Crippen LogP contribution is -2.20. The van der Waals surface area contributed by atoms with Crippen molar-refractivity contribution in [1.29, 1.82) is 0 Å². The van der Waals surface area contributed by atoms with E-state index in [1.54, 1.807) is 30.3 Å². The van der Waals surface area contributed by atoms with Crippen LogP contribution in [-0.4, -0.2) is 31.5 Å². The van der Waals surface area contributed by atoms with Gasteiger partial charge in [0.25, 0.3) is 0 Å². The first-order chi connectivity index (χ1) is 10.6. The Morgan fingerprint density at radius 2 is 1.83 bits per heavy atom. The zero-order chi connectivity index (χ0) is 17.3. The lowest BCUT2D eigenvalue weighted by atomic mass is 10.1. The number of carbonyl (C=O) groups is 1. The first-order valence-corrected chi connectivity index (χ1v) is 8.12. The first kappa shape index (κ1) is 17.4. The highest BCUT2D eigenvalue weighted by atomic mass is 31.2. The summed E-state index contributed by atoms with van der Waals surface area (Å²) in [5.74, 6) is -1.30. The van der Waals surface area contributed by atoms with Crippen molar-refractivity contribution in [3.05, 3.63) is 53.3 Å². The molecule has 10 heteroatoms. The largest absolute Gasteiger partial charge is 0.433 e. The molecule has 124 valence electrons. The fraction of sp³-hybridized carbons (Fsp3) is 0.231. The Bertz CT molecular complexity index is 752. The minimum absolute atomic E-state index is 0.223. The molecular formula is C13H12F3N2O4P. The normalized spacial score (nSPS) is 12.4. The van der Waals surface area contributed by atoms with Crippen LogP contribution in [0.2, 0.25) is 0 Å². The van der Waals surface area contributed by atoms with Crippen molar-refractivity contribution in [1.82, 2.24) is 9.78 Å². The number of ketones is 1. The molecule has 0 aliphatic heterocycles. The van der Waals surface area contributed by atoms with Gasteiger partial charge in [-0.2, -0.15) is 18.3 Å². The predicted molar refractivity (Wildman–Crippen MR) is 74.0 cm³/mol. The van der Waals surface area contributed by atoms with E-state index in [1.165, 1.54) is 0 Å². The Morgan fingerprint density at radius 1 is 1.22 bits per heavy atom. The summed E-state index contributed by atoms with van der Waals surface area (Å²) < 4.78 is 51.1. The van der Waals surface area contributed by atoms with Crippen LogP contribution in [-0.2, 0) is 17.3 Å². The van der Waals surface area contributed by atoms with E-state index in [9.17, 15) is 22.5 Å². The van der Waals surface area contributed by atoms with E-state index in [1.807, 2.05) is 0 Å². The third kappa shape index (κ3) is 4.51. The van der Waals surface area contributed by atoms with Crippen LogP contribution < -0.4 is 0 Å². The molecule has 0 atom stereocenters. The monoisotopic (exact) mass is 348 g/mol. The van der Waals surface area contributed by atoms with Gasteiger partial charge in [0, 0.05) is 0 Å². The molecule has 0 fully saturated rings. The van der Waals surface area contributed by atoms with Gasteiger partial charge in [-0.1, -0.05) is 30.3 Å². The highest BCUT2D eigenvalue weighted by Crippen LogP contribution is 2.38. The molecule has 1 heterocycles. The third-order valence-electron chi connectivity index (χ3n) is 2.93. The van der Waals surface area contributed by atoms with Gasteiger partial charge < -0.3 is 9.79 Å². The van der Waals surface area contributed by atoms with E-state index in [4.69, 9.17) is 9.79 Å². The number of Topliss-reactive ketones (excluding diaryl/α,β-unsaturated/α-hetero) is 1. The Labute approximate surface area is 128 Å². The topological polar surface area (TPSA) is 92.4 Å². The van der Waals surface area contributed by atoms with Crippen molar-refractivity contribution in [2.24, 2.45) is 0 Å². The maximum atomic E-state index is 13.2. The van der Waals surface area contributed by atoms with E-state index in [0.717, 1.165) is 0 Å². The summed E-state index contributed by atoms with van der Waals surface area (Å²) in [6.45, 7) is -0.223. The van der Waals surface area contributed by atoms with Crippen LogP contribution in [0.3, 0.4) is 0 Å². The van der Waals surface area contributed by atoms with Crippen LogP contribution in [0.1, 0.15) is 21.6 Å². The Kier molecular flexibility index (Phi) is 4.74. The number of hydrogen-bond donors (Lipinski definition) is 2. The van der Waals surface area contributed by atoms with Crippen LogP contribution in [0.25, 0.3) is 0 Å². The molecule has 1 aromatic carbocycles. The summed E-state index contributed by atoms with van der Waals surface area (Å²) >= 11 is 0. The molecule has 0 amide bonds.